The third kappa shape index (κ3) is 4.55. The Kier molecular flexibility index (Phi) is 6.33. The molecule has 1 N–H and O–H groups in total. The second-order valence-electron chi connectivity index (χ2n) is 9.30. The molecule has 0 aromatic heterocycles. The number of cyclic esters (lactones) is 1. The van der Waals surface area contributed by atoms with Crippen molar-refractivity contribution in [2.24, 2.45) is 11.3 Å². The van der Waals surface area contributed by atoms with Crippen molar-refractivity contribution in [2.75, 3.05) is 18.1 Å². The van der Waals surface area contributed by atoms with Gasteiger partial charge in [-0.1, -0.05) is 38.5 Å². The molecule has 3 aliphatic rings. The quantitative estimate of drug-likeness (QED) is 0.727. The van der Waals surface area contributed by atoms with Gasteiger partial charge in [0.1, 0.15) is 11.9 Å². The van der Waals surface area contributed by atoms with E-state index in [1.807, 2.05) is 24.3 Å². The minimum absolute atomic E-state index is 0.376. The summed E-state index contributed by atoms with van der Waals surface area (Å²) in [5, 5.41) is 9.67. The Balaban J connectivity index is 1.37. The normalized spacial score (nSPS) is 28.1. The molecule has 1 aliphatic heterocycles. The molecular formula is C24H35NO4. The van der Waals surface area contributed by atoms with Crippen LogP contribution in [0.1, 0.15) is 71.1 Å². The van der Waals surface area contributed by atoms with Crippen LogP contribution in [0.4, 0.5) is 10.5 Å². The van der Waals surface area contributed by atoms with E-state index in [-0.39, 0.29) is 0 Å². The summed E-state index contributed by atoms with van der Waals surface area (Å²) in [7, 11) is 0. The van der Waals surface area contributed by atoms with Crippen LogP contribution in [0.25, 0.3) is 0 Å². The highest BCUT2D eigenvalue weighted by atomic mass is 16.6. The zero-order valence-electron chi connectivity index (χ0n) is 17.6. The molecule has 3 fully saturated rings. The van der Waals surface area contributed by atoms with Crippen LogP contribution in [-0.4, -0.2) is 36.6 Å². The Hall–Kier alpha value is -1.75. The van der Waals surface area contributed by atoms with Gasteiger partial charge in [-0.15, -0.1) is 0 Å². The molecule has 1 aromatic carbocycles. The zero-order valence-corrected chi connectivity index (χ0v) is 17.6. The molecule has 2 aliphatic carbocycles. The number of aliphatic hydroxyl groups excluding tert-OH is 1. The van der Waals surface area contributed by atoms with Crippen molar-refractivity contribution in [1.29, 1.82) is 0 Å². The van der Waals surface area contributed by atoms with Crippen molar-refractivity contribution in [1.82, 2.24) is 0 Å². The van der Waals surface area contributed by atoms with Gasteiger partial charge >= 0.3 is 6.09 Å². The fraction of sp³-hybridized carbons (Fsp3) is 0.708. The standard InChI is InChI=1S/C24H35NO4/c1-18(26)22-16-25(23(27)29-22)20-9-11-21(12-10-20)28-17-19-8-4-7-15-24(19)13-5-2-3-6-14-24/h9-12,18-19,22,26H,2-8,13-17H2,1H3. The van der Waals surface area contributed by atoms with Gasteiger partial charge in [0, 0.05) is 5.69 Å². The van der Waals surface area contributed by atoms with Gasteiger partial charge in [-0.05, 0) is 68.2 Å². The lowest BCUT2D eigenvalue weighted by atomic mass is 9.62. The van der Waals surface area contributed by atoms with Crippen LogP contribution < -0.4 is 9.64 Å². The first-order chi connectivity index (χ1) is 14.1. The largest absolute Gasteiger partial charge is 0.493 e. The van der Waals surface area contributed by atoms with Gasteiger partial charge in [0.05, 0.1) is 19.3 Å². The van der Waals surface area contributed by atoms with Crippen LogP contribution in [0.15, 0.2) is 24.3 Å². The highest BCUT2D eigenvalue weighted by Crippen LogP contribution is 2.50. The second kappa shape index (κ2) is 8.95. The summed E-state index contributed by atoms with van der Waals surface area (Å²) in [6, 6.07) is 7.70. The van der Waals surface area contributed by atoms with Gasteiger partial charge in [0.2, 0.25) is 0 Å². The zero-order chi connectivity index (χ0) is 20.3. The number of carbonyl (C=O) groups excluding carboxylic acids is 1. The highest BCUT2D eigenvalue weighted by Gasteiger charge is 2.41. The number of anilines is 1. The maximum absolute atomic E-state index is 12.1. The van der Waals surface area contributed by atoms with Crippen LogP contribution >= 0.6 is 0 Å². The van der Waals surface area contributed by atoms with Crippen molar-refractivity contribution < 1.29 is 19.4 Å². The number of aliphatic hydroxyl groups is 1. The first-order valence-electron chi connectivity index (χ1n) is 11.5. The van der Waals surface area contributed by atoms with E-state index in [9.17, 15) is 9.90 Å². The molecule has 4 rings (SSSR count). The number of hydrogen-bond acceptors (Lipinski definition) is 4. The van der Waals surface area contributed by atoms with E-state index in [2.05, 4.69) is 0 Å². The van der Waals surface area contributed by atoms with Crippen molar-refractivity contribution >= 4 is 11.8 Å². The Labute approximate surface area is 174 Å². The third-order valence-electron chi connectivity index (χ3n) is 7.42. The fourth-order valence-corrected chi connectivity index (χ4v) is 5.59. The van der Waals surface area contributed by atoms with Crippen LogP contribution in [0, 0.1) is 11.3 Å². The van der Waals surface area contributed by atoms with Gasteiger partial charge in [-0.3, -0.25) is 4.90 Å². The Morgan fingerprint density at radius 3 is 2.38 bits per heavy atom. The Morgan fingerprint density at radius 1 is 1.10 bits per heavy atom. The number of nitrogens with zero attached hydrogens (tertiary/aromatic N) is 1. The number of benzene rings is 1. The molecule has 1 saturated heterocycles. The summed E-state index contributed by atoms with van der Waals surface area (Å²) in [6.07, 6.45) is 12.1. The number of carbonyl (C=O) groups is 1. The lowest BCUT2D eigenvalue weighted by Gasteiger charge is -2.44. The molecular weight excluding hydrogens is 366 g/mol. The van der Waals surface area contributed by atoms with Gasteiger partial charge in [-0.2, -0.15) is 0 Å². The third-order valence-corrected chi connectivity index (χ3v) is 7.42. The highest BCUT2D eigenvalue weighted by molar-refractivity contribution is 5.89. The molecule has 3 atom stereocenters. The number of ether oxygens (including phenoxy) is 2. The number of amides is 1. The molecule has 3 unspecified atom stereocenters. The molecule has 2 saturated carbocycles. The van der Waals surface area contributed by atoms with Gasteiger partial charge < -0.3 is 14.6 Å². The van der Waals surface area contributed by atoms with Crippen LogP contribution in [0.5, 0.6) is 5.75 Å². The SMILES string of the molecule is CC(O)C1CN(c2ccc(OCC3CCCCC34CCCCCC4)cc2)C(=O)O1. The van der Waals surface area contributed by atoms with Crippen molar-refractivity contribution in [2.45, 2.75) is 83.3 Å². The Bertz CT molecular complexity index is 679. The fourth-order valence-electron chi connectivity index (χ4n) is 5.59. The lowest BCUT2D eigenvalue weighted by Crippen LogP contribution is -2.37. The average molecular weight is 402 g/mol. The number of rotatable bonds is 5. The summed E-state index contributed by atoms with van der Waals surface area (Å²) in [5.41, 5.74) is 1.28. The smallest absolute Gasteiger partial charge is 0.414 e. The predicted octanol–water partition coefficient (Wildman–Crippen LogP) is 5.30. The number of hydrogen-bond donors (Lipinski definition) is 1. The van der Waals surface area contributed by atoms with Crippen LogP contribution in [-0.2, 0) is 4.74 Å². The van der Waals surface area contributed by atoms with Crippen LogP contribution in [0.2, 0.25) is 0 Å². The minimum atomic E-state index is -0.668. The molecule has 5 heteroatoms. The molecule has 0 radical (unpaired) electrons. The molecule has 1 heterocycles. The van der Waals surface area contributed by atoms with Crippen molar-refractivity contribution in [3.8, 4) is 5.75 Å². The molecule has 1 amide bonds. The summed E-state index contributed by atoms with van der Waals surface area (Å²) >= 11 is 0. The maximum Gasteiger partial charge on any atom is 0.414 e. The molecule has 5 nitrogen and oxygen atoms in total. The van der Waals surface area contributed by atoms with Gasteiger partial charge in [-0.25, -0.2) is 4.79 Å². The van der Waals surface area contributed by atoms with E-state index in [1.54, 1.807) is 11.8 Å². The molecule has 1 aromatic rings. The topological polar surface area (TPSA) is 59.0 Å². The average Bonchev–Trinajstić information content (AvgIpc) is 2.97. The lowest BCUT2D eigenvalue weighted by molar-refractivity contribution is 0.0375. The van der Waals surface area contributed by atoms with E-state index >= 15 is 0 Å². The van der Waals surface area contributed by atoms with E-state index in [0.29, 0.717) is 17.9 Å². The van der Waals surface area contributed by atoms with Gasteiger partial charge in [0.25, 0.3) is 0 Å². The van der Waals surface area contributed by atoms with Crippen molar-refractivity contribution in [3.05, 3.63) is 24.3 Å². The van der Waals surface area contributed by atoms with E-state index in [1.165, 1.54) is 64.2 Å². The second-order valence-corrected chi connectivity index (χ2v) is 9.30. The molecule has 160 valence electrons. The summed E-state index contributed by atoms with van der Waals surface area (Å²) < 4.78 is 11.5. The van der Waals surface area contributed by atoms with E-state index < -0.39 is 18.3 Å². The molecule has 1 spiro atoms. The molecule has 0 bridgehead atoms. The predicted molar refractivity (Wildman–Crippen MR) is 113 cm³/mol. The van der Waals surface area contributed by atoms with E-state index in [4.69, 9.17) is 9.47 Å². The summed E-state index contributed by atoms with van der Waals surface area (Å²) in [5.74, 6) is 1.53. The van der Waals surface area contributed by atoms with Gasteiger partial charge in [0.15, 0.2) is 0 Å². The van der Waals surface area contributed by atoms with Crippen LogP contribution in [0.3, 0.4) is 0 Å². The molecule has 29 heavy (non-hydrogen) atoms. The first-order valence-corrected chi connectivity index (χ1v) is 11.5. The summed E-state index contributed by atoms with van der Waals surface area (Å²) in [4.78, 5) is 13.6. The van der Waals surface area contributed by atoms with E-state index in [0.717, 1.165) is 18.0 Å². The minimum Gasteiger partial charge on any atom is -0.493 e. The van der Waals surface area contributed by atoms with Crippen molar-refractivity contribution in [3.63, 3.8) is 0 Å². The first kappa shape index (κ1) is 20.5. The Morgan fingerprint density at radius 2 is 1.76 bits per heavy atom. The maximum atomic E-state index is 12.1. The summed E-state index contributed by atoms with van der Waals surface area (Å²) in [6.45, 7) is 2.82. The monoisotopic (exact) mass is 401 g/mol.